The first-order chi connectivity index (χ1) is 16.0. The highest BCUT2D eigenvalue weighted by atomic mass is 35.5. The normalized spacial score (nSPS) is 16.9. The molecule has 2 atom stereocenters. The number of aliphatic hydroxyl groups excluding tert-OH is 2. The third-order valence-electron chi connectivity index (χ3n) is 5.83. The summed E-state index contributed by atoms with van der Waals surface area (Å²) in [5.74, 6) is -6.74. The average molecular weight is 499 g/mol. The zero-order valence-corrected chi connectivity index (χ0v) is 18.1. The Kier molecular flexibility index (Phi) is 6.14. The highest BCUT2D eigenvalue weighted by Crippen LogP contribution is 2.39. The molecule has 0 aliphatic carbocycles. The van der Waals surface area contributed by atoms with Gasteiger partial charge in [-0.05, 0) is 12.5 Å². The van der Waals surface area contributed by atoms with Crippen LogP contribution in [-0.2, 0) is 0 Å². The van der Waals surface area contributed by atoms with Crippen molar-refractivity contribution in [3.63, 3.8) is 0 Å². The number of halogens is 4. The number of hydrogen-bond acceptors (Lipinski definition) is 7. The molecule has 3 heterocycles. The maximum absolute atomic E-state index is 15.2. The van der Waals surface area contributed by atoms with Crippen LogP contribution in [0.5, 0.6) is 0 Å². The van der Waals surface area contributed by atoms with Gasteiger partial charge in [0.05, 0.1) is 34.3 Å². The van der Waals surface area contributed by atoms with Gasteiger partial charge in [-0.25, -0.2) is 22.9 Å². The summed E-state index contributed by atoms with van der Waals surface area (Å²) in [4.78, 5) is 29.5. The van der Waals surface area contributed by atoms with E-state index in [0.717, 1.165) is 16.8 Å². The first-order valence-electron chi connectivity index (χ1n) is 10.0. The summed E-state index contributed by atoms with van der Waals surface area (Å²) in [6.07, 6.45) is 0.125. The van der Waals surface area contributed by atoms with Gasteiger partial charge in [0.15, 0.2) is 23.3 Å². The number of benzene rings is 1. The fraction of sp³-hybridized carbons (Fsp3) is 0.286. The molecule has 0 radical (unpaired) electrons. The van der Waals surface area contributed by atoms with Crippen molar-refractivity contribution in [2.24, 2.45) is 5.92 Å². The Labute approximate surface area is 194 Å². The molecule has 3 aromatic rings. The zero-order valence-electron chi connectivity index (χ0n) is 17.3. The fourth-order valence-electron chi connectivity index (χ4n) is 4.11. The van der Waals surface area contributed by atoms with Crippen molar-refractivity contribution in [2.45, 2.75) is 12.5 Å². The van der Waals surface area contributed by atoms with E-state index >= 15 is 4.39 Å². The number of anilines is 2. The number of aromatic carboxylic acids is 1. The molecule has 9 nitrogen and oxygen atoms in total. The number of carboxylic acids is 1. The lowest BCUT2D eigenvalue weighted by molar-refractivity contribution is 0.0545. The molecular formula is C21H18ClF3N4O5. The van der Waals surface area contributed by atoms with E-state index in [1.54, 1.807) is 0 Å². The van der Waals surface area contributed by atoms with Crippen LogP contribution in [0.25, 0.3) is 16.7 Å². The number of carbonyl (C=O) groups is 1. The topological polar surface area (TPSA) is 142 Å². The van der Waals surface area contributed by atoms with Gasteiger partial charge in [-0.3, -0.25) is 9.36 Å². The molecule has 34 heavy (non-hydrogen) atoms. The molecule has 5 N–H and O–H groups in total. The molecular weight excluding hydrogens is 481 g/mol. The summed E-state index contributed by atoms with van der Waals surface area (Å²) in [7, 11) is 0. The van der Waals surface area contributed by atoms with Gasteiger partial charge >= 0.3 is 5.97 Å². The van der Waals surface area contributed by atoms with E-state index in [1.165, 1.54) is 4.90 Å². The van der Waals surface area contributed by atoms with Gasteiger partial charge in [0.1, 0.15) is 11.4 Å². The van der Waals surface area contributed by atoms with Gasteiger partial charge in [-0.15, -0.1) is 0 Å². The van der Waals surface area contributed by atoms with Crippen LogP contribution in [-0.4, -0.2) is 56.6 Å². The van der Waals surface area contributed by atoms with E-state index in [0.29, 0.717) is 12.5 Å². The predicted molar refractivity (Wildman–Crippen MR) is 117 cm³/mol. The van der Waals surface area contributed by atoms with Crippen LogP contribution in [0.1, 0.15) is 16.8 Å². The van der Waals surface area contributed by atoms with Crippen LogP contribution in [0, 0.1) is 23.4 Å². The molecule has 4 rings (SSSR count). The van der Waals surface area contributed by atoms with Gasteiger partial charge in [-0.2, -0.15) is 0 Å². The Morgan fingerprint density at radius 1 is 1.26 bits per heavy atom. The molecule has 1 fully saturated rings. The molecule has 0 unspecified atom stereocenters. The summed E-state index contributed by atoms with van der Waals surface area (Å²) in [6.45, 7) is -0.115. The SMILES string of the molecule is Nc1nc(-n2cc(C(=O)O)c(=O)c3cc(F)c(N4CC[C@@H]([C@@H](O)CO)C4)c(Cl)c32)c(F)cc1F. The summed E-state index contributed by atoms with van der Waals surface area (Å²) in [5.41, 5.74) is 3.12. The van der Waals surface area contributed by atoms with E-state index in [4.69, 9.17) is 17.3 Å². The Morgan fingerprint density at radius 2 is 1.97 bits per heavy atom. The largest absolute Gasteiger partial charge is 0.477 e. The third-order valence-corrected chi connectivity index (χ3v) is 6.18. The summed E-state index contributed by atoms with van der Waals surface area (Å²) in [5, 5.41) is 27.7. The maximum Gasteiger partial charge on any atom is 0.341 e. The quantitative estimate of drug-likeness (QED) is 0.418. The summed E-state index contributed by atoms with van der Waals surface area (Å²) in [6, 6.07) is 1.21. The van der Waals surface area contributed by atoms with Crippen molar-refractivity contribution in [3.05, 3.63) is 56.6 Å². The number of hydrogen-bond donors (Lipinski definition) is 4. The smallest absolute Gasteiger partial charge is 0.341 e. The first-order valence-corrected chi connectivity index (χ1v) is 10.4. The van der Waals surface area contributed by atoms with Crippen LogP contribution in [0.2, 0.25) is 5.02 Å². The van der Waals surface area contributed by atoms with Crippen molar-refractivity contribution in [2.75, 3.05) is 30.3 Å². The van der Waals surface area contributed by atoms with Crippen LogP contribution in [0.15, 0.2) is 23.1 Å². The van der Waals surface area contributed by atoms with Crippen molar-refractivity contribution >= 4 is 40.0 Å². The lowest BCUT2D eigenvalue weighted by Gasteiger charge is -2.24. The molecule has 1 aromatic carbocycles. The lowest BCUT2D eigenvalue weighted by atomic mass is 10.0. The Morgan fingerprint density at radius 3 is 2.62 bits per heavy atom. The molecule has 0 spiro atoms. The Balaban J connectivity index is 2.03. The van der Waals surface area contributed by atoms with Crippen molar-refractivity contribution in [1.82, 2.24) is 9.55 Å². The molecule has 1 aliphatic heterocycles. The number of fused-ring (bicyclic) bond motifs is 1. The molecule has 1 aliphatic rings. The van der Waals surface area contributed by atoms with Gasteiger partial charge in [0.2, 0.25) is 5.43 Å². The Hall–Kier alpha value is -3.35. The average Bonchev–Trinajstić information content (AvgIpc) is 3.26. The van der Waals surface area contributed by atoms with Gasteiger partial charge in [0, 0.05) is 31.3 Å². The second-order valence-corrected chi connectivity index (χ2v) is 8.25. The monoisotopic (exact) mass is 498 g/mol. The Bertz CT molecular complexity index is 1380. The van der Waals surface area contributed by atoms with E-state index in [9.17, 15) is 33.7 Å². The summed E-state index contributed by atoms with van der Waals surface area (Å²) < 4.78 is 44.4. The predicted octanol–water partition coefficient (Wildman–Crippen LogP) is 1.92. The number of aliphatic hydroxyl groups is 2. The molecule has 2 aromatic heterocycles. The minimum absolute atomic E-state index is 0.122. The van der Waals surface area contributed by atoms with Gasteiger partial charge < -0.3 is 26.0 Å². The van der Waals surface area contributed by atoms with Gasteiger partial charge in [-0.1, -0.05) is 11.6 Å². The molecule has 180 valence electrons. The van der Waals surface area contributed by atoms with Crippen LogP contribution in [0.3, 0.4) is 0 Å². The number of nitrogen functional groups attached to an aromatic ring is 1. The number of aromatic nitrogens is 2. The maximum atomic E-state index is 15.2. The first kappa shape index (κ1) is 23.8. The lowest BCUT2D eigenvalue weighted by Crippen LogP contribution is -2.29. The van der Waals surface area contributed by atoms with Crippen LogP contribution >= 0.6 is 11.6 Å². The standard InChI is InChI=1S/C21H18ClF3N4O5/c22-15-16-9(3-11(23)17(15)28-2-1-8(5-28)14(31)7-30)18(32)10(21(33)34)6-29(16)20-13(25)4-12(24)19(26)27-20/h3-4,6,8,14,30-31H,1-2,5,7H2,(H2,26,27)(H,33,34)/t8-,14+/m1/s1. The van der Waals surface area contributed by atoms with Crippen molar-refractivity contribution < 1.29 is 33.3 Å². The highest BCUT2D eigenvalue weighted by molar-refractivity contribution is 6.38. The minimum Gasteiger partial charge on any atom is -0.477 e. The van der Waals surface area contributed by atoms with Crippen molar-refractivity contribution in [3.8, 4) is 5.82 Å². The van der Waals surface area contributed by atoms with Gasteiger partial charge in [0.25, 0.3) is 0 Å². The minimum atomic E-state index is -1.67. The molecule has 0 bridgehead atoms. The van der Waals surface area contributed by atoms with E-state index < -0.39 is 64.1 Å². The second-order valence-electron chi connectivity index (χ2n) is 7.87. The third kappa shape index (κ3) is 3.83. The molecule has 1 saturated heterocycles. The second kappa shape index (κ2) is 8.78. The molecule has 0 amide bonds. The highest BCUT2D eigenvalue weighted by Gasteiger charge is 2.32. The number of nitrogens with two attached hydrogens (primary N) is 1. The number of carboxylic acid groups (broad SMARTS) is 1. The fourth-order valence-corrected chi connectivity index (χ4v) is 4.51. The van der Waals surface area contributed by atoms with E-state index in [-0.39, 0.29) is 35.2 Å². The number of nitrogens with zero attached hydrogens (tertiary/aromatic N) is 3. The van der Waals surface area contributed by atoms with E-state index in [1.807, 2.05) is 0 Å². The molecule has 0 saturated carbocycles. The number of rotatable bonds is 5. The molecule has 13 heteroatoms. The van der Waals surface area contributed by atoms with Crippen molar-refractivity contribution in [1.29, 1.82) is 0 Å². The van der Waals surface area contributed by atoms with Crippen LogP contribution in [0.4, 0.5) is 24.7 Å². The van der Waals surface area contributed by atoms with E-state index in [2.05, 4.69) is 4.98 Å². The summed E-state index contributed by atoms with van der Waals surface area (Å²) >= 11 is 6.51. The zero-order chi connectivity index (χ0) is 24.9. The van der Waals surface area contributed by atoms with Crippen LogP contribution < -0.4 is 16.1 Å². The number of pyridine rings is 2.